The first-order chi connectivity index (χ1) is 4.09. The highest BCUT2D eigenvalue weighted by Crippen LogP contribution is 2.20. The third-order valence-electron chi connectivity index (χ3n) is 1.97. The Bertz CT molecular complexity index is 94.9. The summed E-state index contributed by atoms with van der Waals surface area (Å²) < 4.78 is 0. The zero-order chi connectivity index (χ0) is 7.07. The molecule has 54 valence electrons. The molecule has 0 aromatic heterocycles. The zero-order valence-corrected chi connectivity index (χ0v) is 6.60. The molecule has 0 unspecified atom stereocenters. The lowest BCUT2D eigenvalue weighted by molar-refractivity contribution is 0.0998. The number of hydrogen-bond donors (Lipinski definition) is 1. The number of nitrogens with one attached hydrogen (secondary N) is 1. The number of likely N-dealkylation sites (N-methyl/N-ethyl adjacent to an activating group) is 2. The second-order valence-corrected chi connectivity index (χ2v) is 2.96. The van der Waals surface area contributed by atoms with Crippen molar-refractivity contribution in [2.45, 2.75) is 5.79 Å². The van der Waals surface area contributed by atoms with E-state index in [2.05, 4.69) is 43.3 Å². The van der Waals surface area contributed by atoms with Crippen molar-refractivity contribution in [3.05, 3.63) is 0 Å². The fourth-order valence-corrected chi connectivity index (χ4v) is 1.11. The molecule has 3 heteroatoms. The summed E-state index contributed by atoms with van der Waals surface area (Å²) in [6.45, 7) is 1.08. The van der Waals surface area contributed by atoms with Gasteiger partial charge in [-0.15, -0.1) is 0 Å². The molecule has 0 radical (unpaired) electrons. The Balaban J connectivity index is 2.52. The van der Waals surface area contributed by atoms with Gasteiger partial charge in [0.15, 0.2) is 0 Å². The second-order valence-electron chi connectivity index (χ2n) is 2.96. The van der Waals surface area contributed by atoms with E-state index in [1.165, 1.54) is 0 Å². The van der Waals surface area contributed by atoms with E-state index in [0.29, 0.717) is 0 Å². The van der Waals surface area contributed by atoms with Crippen LogP contribution < -0.4 is 5.32 Å². The van der Waals surface area contributed by atoms with Gasteiger partial charge in [0.05, 0.1) is 0 Å². The molecule has 0 atom stereocenters. The summed E-state index contributed by atoms with van der Waals surface area (Å²) in [4.78, 5) is 4.38. The normalized spacial score (nSPS) is 23.3. The van der Waals surface area contributed by atoms with Gasteiger partial charge in [0.1, 0.15) is 5.79 Å². The molecule has 1 N–H and O–H groups in total. The summed E-state index contributed by atoms with van der Waals surface area (Å²) in [6, 6.07) is 0. The van der Waals surface area contributed by atoms with E-state index >= 15 is 0 Å². The van der Waals surface area contributed by atoms with Gasteiger partial charge in [0.2, 0.25) is 0 Å². The lowest BCUT2D eigenvalue weighted by Gasteiger charge is -2.28. The minimum Gasteiger partial charge on any atom is -0.281 e. The third-order valence-corrected chi connectivity index (χ3v) is 1.97. The average molecular weight is 129 g/mol. The Labute approximate surface area is 56.6 Å². The molecule has 0 saturated carbocycles. The highest BCUT2D eigenvalue weighted by molar-refractivity contribution is 4.98. The van der Waals surface area contributed by atoms with Crippen molar-refractivity contribution in [2.75, 3.05) is 34.7 Å². The maximum Gasteiger partial charge on any atom is 0.140 e. The Hall–Kier alpha value is -0.120. The van der Waals surface area contributed by atoms with Gasteiger partial charge in [0, 0.05) is 6.54 Å². The molecule has 0 aromatic carbocycles. The van der Waals surface area contributed by atoms with E-state index < -0.39 is 0 Å². The Kier molecular flexibility index (Phi) is 1.50. The van der Waals surface area contributed by atoms with Gasteiger partial charge in [-0.3, -0.25) is 15.1 Å². The summed E-state index contributed by atoms with van der Waals surface area (Å²) in [6.07, 6.45) is 0. The first kappa shape index (κ1) is 6.99. The summed E-state index contributed by atoms with van der Waals surface area (Å²) >= 11 is 0. The minimum absolute atomic E-state index is 0.167. The monoisotopic (exact) mass is 129 g/mol. The van der Waals surface area contributed by atoms with Crippen molar-refractivity contribution in [3.63, 3.8) is 0 Å². The molecular weight excluding hydrogens is 114 g/mol. The predicted octanol–water partition coefficient (Wildman–Crippen LogP) is -0.633. The van der Waals surface area contributed by atoms with Crippen LogP contribution in [0.2, 0.25) is 0 Å². The predicted molar refractivity (Wildman–Crippen MR) is 38.1 cm³/mol. The number of nitrogens with zero attached hydrogens (tertiary/aromatic N) is 2. The molecule has 0 aromatic rings. The quantitative estimate of drug-likeness (QED) is 0.397. The van der Waals surface area contributed by atoms with Gasteiger partial charge >= 0.3 is 0 Å². The van der Waals surface area contributed by atoms with E-state index in [9.17, 15) is 0 Å². The summed E-state index contributed by atoms with van der Waals surface area (Å²) in [5, 5.41) is 3.30. The van der Waals surface area contributed by atoms with Crippen molar-refractivity contribution in [2.24, 2.45) is 0 Å². The Morgan fingerprint density at radius 1 is 1.11 bits per heavy atom. The lowest BCUT2D eigenvalue weighted by Crippen LogP contribution is -2.47. The Morgan fingerprint density at radius 2 is 1.44 bits per heavy atom. The van der Waals surface area contributed by atoms with Crippen LogP contribution in [0.15, 0.2) is 0 Å². The van der Waals surface area contributed by atoms with Crippen LogP contribution in [-0.4, -0.2) is 50.3 Å². The van der Waals surface area contributed by atoms with Crippen molar-refractivity contribution >= 4 is 0 Å². The van der Waals surface area contributed by atoms with Gasteiger partial charge in [-0.05, 0) is 28.2 Å². The first-order valence-corrected chi connectivity index (χ1v) is 3.19. The van der Waals surface area contributed by atoms with Crippen LogP contribution >= 0.6 is 0 Å². The molecule has 1 saturated heterocycles. The zero-order valence-electron chi connectivity index (χ0n) is 6.60. The molecule has 1 aliphatic heterocycles. The van der Waals surface area contributed by atoms with Crippen molar-refractivity contribution < 1.29 is 0 Å². The highest BCUT2D eigenvalue weighted by atomic mass is 15.6. The number of hydrogen-bond acceptors (Lipinski definition) is 3. The van der Waals surface area contributed by atoms with Gasteiger partial charge < -0.3 is 0 Å². The minimum atomic E-state index is 0.167. The van der Waals surface area contributed by atoms with E-state index in [4.69, 9.17) is 0 Å². The van der Waals surface area contributed by atoms with E-state index in [1.54, 1.807) is 0 Å². The second kappa shape index (κ2) is 1.94. The summed E-state index contributed by atoms with van der Waals surface area (Å²) in [5.74, 6) is 0.167. The molecule has 1 fully saturated rings. The van der Waals surface area contributed by atoms with Crippen LogP contribution in [-0.2, 0) is 0 Å². The maximum atomic E-state index is 3.30. The SMILES string of the molecule is CN(C)C1(N(C)C)CN1. The van der Waals surface area contributed by atoms with Crippen LogP contribution in [0, 0.1) is 0 Å². The van der Waals surface area contributed by atoms with Crippen LogP contribution in [0.1, 0.15) is 0 Å². The molecule has 1 rings (SSSR count). The third kappa shape index (κ3) is 0.956. The van der Waals surface area contributed by atoms with Gasteiger partial charge in [0.25, 0.3) is 0 Å². The highest BCUT2D eigenvalue weighted by Gasteiger charge is 2.46. The molecule has 0 spiro atoms. The molecule has 0 amide bonds. The van der Waals surface area contributed by atoms with E-state index in [1.807, 2.05) is 0 Å². The largest absolute Gasteiger partial charge is 0.281 e. The molecule has 9 heavy (non-hydrogen) atoms. The standard InChI is InChI=1S/C6H15N3/c1-8(2)6(5-7-6)9(3)4/h7H,5H2,1-4H3. The van der Waals surface area contributed by atoms with Gasteiger partial charge in [-0.1, -0.05) is 0 Å². The fourth-order valence-electron chi connectivity index (χ4n) is 1.11. The van der Waals surface area contributed by atoms with Gasteiger partial charge in [-0.2, -0.15) is 0 Å². The molecule has 0 bridgehead atoms. The van der Waals surface area contributed by atoms with Crippen LogP contribution in [0.5, 0.6) is 0 Å². The van der Waals surface area contributed by atoms with Crippen molar-refractivity contribution in [1.82, 2.24) is 15.1 Å². The molecule has 1 heterocycles. The fraction of sp³-hybridized carbons (Fsp3) is 1.00. The topological polar surface area (TPSA) is 28.4 Å². The first-order valence-electron chi connectivity index (χ1n) is 3.19. The summed E-state index contributed by atoms with van der Waals surface area (Å²) in [7, 11) is 8.33. The van der Waals surface area contributed by atoms with Crippen molar-refractivity contribution in [3.8, 4) is 0 Å². The van der Waals surface area contributed by atoms with Crippen LogP contribution in [0.3, 0.4) is 0 Å². The molecule has 0 aliphatic carbocycles. The maximum absolute atomic E-state index is 3.30. The van der Waals surface area contributed by atoms with E-state index in [0.717, 1.165) is 6.54 Å². The van der Waals surface area contributed by atoms with Crippen molar-refractivity contribution in [1.29, 1.82) is 0 Å². The molecular formula is C6H15N3. The van der Waals surface area contributed by atoms with Crippen LogP contribution in [0.25, 0.3) is 0 Å². The smallest absolute Gasteiger partial charge is 0.140 e. The Morgan fingerprint density at radius 3 is 1.44 bits per heavy atom. The molecule has 1 aliphatic rings. The molecule has 3 nitrogen and oxygen atoms in total. The lowest BCUT2D eigenvalue weighted by atomic mass is 10.4. The van der Waals surface area contributed by atoms with Gasteiger partial charge in [-0.25, -0.2) is 0 Å². The number of rotatable bonds is 2. The average Bonchev–Trinajstić information content (AvgIpc) is 2.40. The van der Waals surface area contributed by atoms with Crippen LogP contribution in [0.4, 0.5) is 0 Å². The van der Waals surface area contributed by atoms with E-state index in [-0.39, 0.29) is 5.79 Å². The summed E-state index contributed by atoms with van der Waals surface area (Å²) in [5.41, 5.74) is 0.